The Morgan fingerprint density at radius 3 is 2.72 bits per heavy atom. The Bertz CT molecular complexity index is 750. The van der Waals surface area contributed by atoms with Crippen LogP contribution in [0.3, 0.4) is 0 Å². The molecule has 1 aromatic heterocycles. The van der Waals surface area contributed by atoms with Crippen molar-refractivity contribution in [3.8, 4) is 11.5 Å². The molecule has 0 N–H and O–H groups in total. The molecule has 134 valence electrons. The summed E-state index contributed by atoms with van der Waals surface area (Å²) in [6.07, 6.45) is 7.04. The number of hydrogen-bond acceptors (Lipinski definition) is 4. The lowest BCUT2D eigenvalue weighted by Gasteiger charge is -2.14. The summed E-state index contributed by atoms with van der Waals surface area (Å²) in [5.74, 6) is 1.26. The van der Waals surface area contributed by atoms with E-state index >= 15 is 0 Å². The van der Waals surface area contributed by atoms with E-state index in [0.717, 1.165) is 11.1 Å². The zero-order chi connectivity index (χ0) is 18.4. The molecule has 0 unspecified atom stereocenters. The van der Waals surface area contributed by atoms with Crippen LogP contribution in [0, 0.1) is 0 Å². The number of ether oxygens (including phenoxy) is 2. The Morgan fingerprint density at radius 2 is 2.12 bits per heavy atom. The number of aromatic nitrogens is 2. The molecule has 25 heavy (non-hydrogen) atoms. The quantitative estimate of drug-likeness (QED) is 0.726. The van der Waals surface area contributed by atoms with Crippen LogP contribution in [-0.2, 0) is 18.4 Å². The molecule has 0 fully saturated rings. The molecule has 0 aliphatic carbocycles. The first-order chi connectivity index (χ1) is 11.9. The van der Waals surface area contributed by atoms with Gasteiger partial charge in [0.05, 0.1) is 19.4 Å². The third kappa shape index (κ3) is 5.38. The highest BCUT2D eigenvalue weighted by Crippen LogP contribution is 2.29. The molecule has 0 aliphatic heterocycles. The van der Waals surface area contributed by atoms with E-state index in [-0.39, 0.29) is 12.0 Å². The smallest absolute Gasteiger partial charge is 0.246 e. The molecule has 6 nitrogen and oxygen atoms in total. The average molecular weight is 343 g/mol. The summed E-state index contributed by atoms with van der Waals surface area (Å²) in [5.41, 5.74) is 1.86. The van der Waals surface area contributed by atoms with Gasteiger partial charge in [0.1, 0.15) is 0 Å². The van der Waals surface area contributed by atoms with Gasteiger partial charge >= 0.3 is 0 Å². The number of rotatable bonds is 7. The van der Waals surface area contributed by atoms with E-state index in [9.17, 15) is 4.79 Å². The lowest BCUT2D eigenvalue weighted by Crippen LogP contribution is -2.23. The number of carbonyl (C=O) groups is 1. The molecule has 6 heteroatoms. The summed E-state index contributed by atoms with van der Waals surface area (Å²) >= 11 is 0. The van der Waals surface area contributed by atoms with E-state index in [2.05, 4.69) is 5.10 Å². The van der Waals surface area contributed by atoms with Crippen LogP contribution in [0.4, 0.5) is 0 Å². The minimum Gasteiger partial charge on any atom is -0.493 e. The van der Waals surface area contributed by atoms with Gasteiger partial charge < -0.3 is 14.4 Å². The summed E-state index contributed by atoms with van der Waals surface area (Å²) in [6, 6.07) is 5.59. The number of benzene rings is 1. The molecule has 0 radical (unpaired) electrons. The van der Waals surface area contributed by atoms with E-state index in [4.69, 9.17) is 9.47 Å². The molecule has 2 aromatic rings. The van der Waals surface area contributed by atoms with Gasteiger partial charge in [-0.05, 0) is 37.6 Å². The Kier molecular flexibility index (Phi) is 6.22. The maximum atomic E-state index is 12.3. The predicted molar refractivity (Wildman–Crippen MR) is 97.5 cm³/mol. The topological polar surface area (TPSA) is 56.6 Å². The maximum absolute atomic E-state index is 12.3. The SMILES string of the molecule is COc1cc(/C=C/C(=O)N(C)Cc2cnn(C)c2)ccc1OC(C)C. The van der Waals surface area contributed by atoms with Gasteiger partial charge in [-0.2, -0.15) is 5.10 Å². The van der Waals surface area contributed by atoms with Gasteiger partial charge in [0.25, 0.3) is 0 Å². The highest BCUT2D eigenvalue weighted by atomic mass is 16.5. The fraction of sp³-hybridized carbons (Fsp3) is 0.368. The molecular formula is C19H25N3O3. The number of aryl methyl sites for hydroxylation is 1. The van der Waals surface area contributed by atoms with Crippen LogP contribution < -0.4 is 9.47 Å². The largest absolute Gasteiger partial charge is 0.493 e. The maximum Gasteiger partial charge on any atom is 0.246 e. The van der Waals surface area contributed by atoms with Crippen LogP contribution in [0.5, 0.6) is 11.5 Å². The summed E-state index contributed by atoms with van der Waals surface area (Å²) < 4.78 is 12.8. The number of methoxy groups -OCH3 is 1. The van der Waals surface area contributed by atoms with Crippen molar-refractivity contribution in [3.63, 3.8) is 0 Å². The van der Waals surface area contributed by atoms with Crippen LogP contribution in [0.1, 0.15) is 25.0 Å². The number of nitrogens with zero attached hydrogens (tertiary/aromatic N) is 3. The average Bonchev–Trinajstić information content (AvgIpc) is 2.97. The molecule has 1 heterocycles. The molecule has 1 amide bonds. The predicted octanol–water partition coefficient (Wildman–Crippen LogP) is 2.89. The summed E-state index contributed by atoms with van der Waals surface area (Å²) in [4.78, 5) is 13.9. The second kappa shape index (κ2) is 8.37. The minimum atomic E-state index is -0.0784. The fourth-order valence-corrected chi connectivity index (χ4v) is 2.34. The van der Waals surface area contributed by atoms with Crippen molar-refractivity contribution in [3.05, 3.63) is 47.8 Å². The van der Waals surface area contributed by atoms with Crippen molar-refractivity contribution in [2.45, 2.75) is 26.5 Å². The van der Waals surface area contributed by atoms with Crippen molar-refractivity contribution in [1.29, 1.82) is 0 Å². The Labute approximate surface area is 148 Å². The first kappa shape index (κ1) is 18.6. The van der Waals surface area contributed by atoms with Crippen LogP contribution in [0.2, 0.25) is 0 Å². The lowest BCUT2D eigenvalue weighted by molar-refractivity contribution is -0.125. The van der Waals surface area contributed by atoms with Crippen molar-refractivity contribution in [1.82, 2.24) is 14.7 Å². The third-order valence-electron chi connectivity index (χ3n) is 3.52. The second-order valence-corrected chi connectivity index (χ2v) is 6.13. The Morgan fingerprint density at radius 1 is 1.36 bits per heavy atom. The molecule has 0 atom stereocenters. The third-order valence-corrected chi connectivity index (χ3v) is 3.52. The minimum absolute atomic E-state index is 0.0676. The van der Waals surface area contributed by atoms with Crippen molar-refractivity contribution < 1.29 is 14.3 Å². The first-order valence-electron chi connectivity index (χ1n) is 8.14. The van der Waals surface area contributed by atoms with Gasteiger partial charge in [-0.3, -0.25) is 9.48 Å². The molecule has 0 bridgehead atoms. The molecule has 2 rings (SSSR count). The van der Waals surface area contributed by atoms with Crippen LogP contribution >= 0.6 is 0 Å². The summed E-state index contributed by atoms with van der Waals surface area (Å²) in [7, 11) is 5.22. The van der Waals surface area contributed by atoms with Crippen molar-refractivity contribution >= 4 is 12.0 Å². The van der Waals surface area contributed by atoms with Crippen LogP contribution in [0.25, 0.3) is 6.08 Å². The zero-order valence-electron chi connectivity index (χ0n) is 15.4. The number of amides is 1. The van der Waals surface area contributed by atoms with Gasteiger partial charge in [0.15, 0.2) is 11.5 Å². The molecule has 0 aliphatic rings. The van der Waals surface area contributed by atoms with Crippen molar-refractivity contribution in [2.24, 2.45) is 7.05 Å². The van der Waals surface area contributed by atoms with E-state index in [1.54, 1.807) is 42.1 Å². The fourth-order valence-electron chi connectivity index (χ4n) is 2.34. The zero-order valence-corrected chi connectivity index (χ0v) is 15.4. The number of likely N-dealkylation sites (N-methyl/N-ethyl adjacent to an activating group) is 1. The molecule has 0 spiro atoms. The highest BCUT2D eigenvalue weighted by Gasteiger charge is 2.09. The van der Waals surface area contributed by atoms with E-state index < -0.39 is 0 Å². The van der Waals surface area contributed by atoms with Crippen molar-refractivity contribution in [2.75, 3.05) is 14.2 Å². The lowest BCUT2D eigenvalue weighted by atomic mass is 10.2. The van der Waals surface area contributed by atoms with Gasteiger partial charge in [-0.1, -0.05) is 6.07 Å². The normalized spacial score (nSPS) is 11.1. The number of carbonyl (C=O) groups excluding carboxylic acids is 1. The second-order valence-electron chi connectivity index (χ2n) is 6.13. The highest BCUT2D eigenvalue weighted by molar-refractivity contribution is 5.91. The summed E-state index contributed by atoms with van der Waals surface area (Å²) in [5, 5.41) is 4.11. The van der Waals surface area contributed by atoms with Crippen LogP contribution in [-0.4, -0.2) is 40.8 Å². The number of hydrogen-bond donors (Lipinski definition) is 0. The molecule has 0 saturated carbocycles. The van der Waals surface area contributed by atoms with Gasteiger partial charge in [0, 0.05) is 38.5 Å². The molecule has 0 saturated heterocycles. The standard InChI is InChI=1S/C19H25N3O3/c1-14(2)25-17-8-6-15(10-18(17)24-5)7-9-19(23)21(3)12-16-11-20-22(4)13-16/h6-11,13-14H,12H2,1-5H3/b9-7+. The van der Waals surface area contributed by atoms with Gasteiger partial charge in [-0.25, -0.2) is 0 Å². The summed E-state index contributed by atoms with van der Waals surface area (Å²) in [6.45, 7) is 4.44. The first-order valence-corrected chi connectivity index (χ1v) is 8.14. The Balaban J connectivity index is 2.03. The molecule has 1 aromatic carbocycles. The van der Waals surface area contributed by atoms with Gasteiger partial charge in [-0.15, -0.1) is 0 Å². The molecular weight excluding hydrogens is 318 g/mol. The van der Waals surface area contributed by atoms with Gasteiger partial charge in [0.2, 0.25) is 5.91 Å². The van der Waals surface area contributed by atoms with Crippen LogP contribution in [0.15, 0.2) is 36.7 Å². The van der Waals surface area contributed by atoms with E-state index in [1.165, 1.54) is 0 Å². The van der Waals surface area contributed by atoms with E-state index in [0.29, 0.717) is 18.0 Å². The Hall–Kier alpha value is -2.76. The monoisotopic (exact) mass is 343 g/mol. The van der Waals surface area contributed by atoms with E-state index in [1.807, 2.05) is 45.3 Å².